The molecule has 8 heteroatoms. The van der Waals surface area contributed by atoms with Crippen LogP contribution in [0.3, 0.4) is 0 Å². The van der Waals surface area contributed by atoms with Gasteiger partial charge in [-0.3, -0.25) is 0 Å². The van der Waals surface area contributed by atoms with E-state index in [0.717, 1.165) is 48.9 Å². The summed E-state index contributed by atoms with van der Waals surface area (Å²) in [4.78, 5) is 14.6. The predicted molar refractivity (Wildman–Crippen MR) is 123 cm³/mol. The Balaban J connectivity index is 0.00000364. The number of pyridine rings is 1. The number of unbranched alkanes of at least 4 members (excludes halogenated alkanes) is 1. The Labute approximate surface area is 183 Å². The highest BCUT2D eigenvalue weighted by molar-refractivity contribution is 14.0. The van der Waals surface area contributed by atoms with Crippen molar-refractivity contribution >= 4 is 41.3 Å². The number of nitrogens with zero attached hydrogens (tertiary/aromatic N) is 3. The molecule has 0 atom stereocenters. The maximum atomic E-state index is 5.78. The second-order valence-corrected chi connectivity index (χ2v) is 7.23. The maximum absolute atomic E-state index is 5.78. The van der Waals surface area contributed by atoms with Gasteiger partial charge in [-0.15, -0.1) is 35.3 Å². The number of thiazole rings is 1. The monoisotopic (exact) mass is 503 g/mol. The van der Waals surface area contributed by atoms with Crippen molar-refractivity contribution in [2.45, 2.75) is 46.6 Å². The third kappa shape index (κ3) is 8.87. The van der Waals surface area contributed by atoms with Gasteiger partial charge in [0.05, 0.1) is 18.2 Å². The Kier molecular flexibility index (Phi) is 12.0. The lowest BCUT2D eigenvalue weighted by atomic mass is 10.2. The first kappa shape index (κ1) is 23.6. The summed E-state index contributed by atoms with van der Waals surface area (Å²) in [6.45, 7) is 9.12. The summed E-state index contributed by atoms with van der Waals surface area (Å²) in [5, 5.41) is 7.78. The van der Waals surface area contributed by atoms with E-state index in [-0.39, 0.29) is 24.0 Å². The number of aromatic nitrogens is 2. The Morgan fingerprint density at radius 1 is 1.26 bits per heavy atom. The first-order valence-electron chi connectivity index (χ1n) is 9.23. The number of guanidine groups is 1. The number of hydrogen-bond acceptors (Lipinski definition) is 5. The van der Waals surface area contributed by atoms with Crippen LogP contribution in [0.1, 0.15) is 42.1 Å². The van der Waals surface area contributed by atoms with Crippen LogP contribution in [-0.4, -0.2) is 35.6 Å². The van der Waals surface area contributed by atoms with Gasteiger partial charge in [0, 0.05) is 42.3 Å². The summed E-state index contributed by atoms with van der Waals surface area (Å²) in [6.07, 6.45) is 6.70. The van der Waals surface area contributed by atoms with E-state index in [1.54, 1.807) is 17.5 Å². The Bertz CT molecular complexity index is 692. The van der Waals surface area contributed by atoms with Crippen LogP contribution in [0.4, 0.5) is 0 Å². The van der Waals surface area contributed by atoms with Crippen molar-refractivity contribution in [3.63, 3.8) is 0 Å². The van der Waals surface area contributed by atoms with Gasteiger partial charge in [-0.2, -0.15) is 0 Å². The summed E-state index contributed by atoms with van der Waals surface area (Å²) >= 11 is 1.74. The van der Waals surface area contributed by atoms with Crippen LogP contribution in [0.25, 0.3) is 0 Å². The van der Waals surface area contributed by atoms with Crippen molar-refractivity contribution < 1.29 is 4.74 Å². The fourth-order valence-corrected chi connectivity index (χ4v) is 3.09. The lowest BCUT2D eigenvalue weighted by Crippen LogP contribution is -2.38. The quantitative estimate of drug-likeness (QED) is 0.223. The smallest absolute Gasteiger partial charge is 0.218 e. The predicted octanol–water partition coefficient (Wildman–Crippen LogP) is 3.94. The minimum absolute atomic E-state index is 0. The summed E-state index contributed by atoms with van der Waals surface area (Å²) < 4.78 is 5.78. The molecule has 6 nitrogen and oxygen atoms in total. The molecule has 0 spiro atoms. The van der Waals surface area contributed by atoms with Crippen LogP contribution >= 0.6 is 35.3 Å². The molecular weight excluding hydrogens is 473 g/mol. The van der Waals surface area contributed by atoms with E-state index in [1.165, 1.54) is 4.88 Å². The molecule has 2 rings (SSSR count). The van der Waals surface area contributed by atoms with Crippen molar-refractivity contribution in [3.05, 3.63) is 40.0 Å². The number of hydrogen-bond donors (Lipinski definition) is 2. The van der Waals surface area contributed by atoms with E-state index < -0.39 is 0 Å². The molecule has 0 aliphatic heterocycles. The van der Waals surface area contributed by atoms with E-state index in [2.05, 4.69) is 46.4 Å². The lowest BCUT2D eigenvalue weighted by molar-refractivity contribution is 0.294. The molecule has 0 aromatic carbocycles. The molecule has 2 aromatic rings. The van der Waals surface area contributed by atoms with Crippen molar-refractivity contribution in [2.24, 2.45) is 4.99 Å². The molecular formula is C19H30IN5OS. The fraction of sp³-hybridized carbons (Fsp3) is 0.526. The number of aliphatic imine (C=N–C) groups is 1. The molecule has 0 aliphatic carbocycles. The topological polar surface area (TPSA) is 71.4 Å². The normalized spacial score (nSPS) is 11.0. The van der Waals surface area contributed by atoms with Crippen molar-refractivity contribution in [3.8, 4) is 5.88 Å². The second-order valence-electron chi connectivity index (χ2n) is 5.91. The highest BCUT2D eigenvalue weighted by Crippen LogP contribution is 2.16. The molecule has 0 bridgehead atoms. The third-order valence-corrected chi connectivity index (χ3v) is 4.61. The van der Waals surface area contributed by atoms with Gasteiger partial charge in [-0.1, -0.05) is 19.4 Å². The number of ether oxygens (including phenoxy) is 1. The first-order valence-corrected chi connectivity index (χ1v) is 10.0. The molecule has 2 N–H and O–H groups in total. The van der Waals surface area contributed by atoms with E-state index in [4.69, 9.17) is 4.74 Å². The minimum atomic E-state index is 0. The second kappa shape index (κ2) is 13.7. The molecule has 0 aliphatic rings. The summed E-state index contributed by atoms with van der Waals surface area (Å²) in [5.41, 5.74) is 0.997. The zero-order valence-corrected chi connectivity index (χ0v) is 19.5. The van der Waals surface area contributed by atoms with E-state index in [9.17, 15) is 0 Å². The van der Waals surface area contributed by atoms with Crippen molar-refractivity contribution in [1.82, 2.24) is 20.6 Å². The average molecular weight is 503 g/mol. The van der Waals surface area contributed by atoms with Crippen LogP contribution in [0, 0.1) is 6.92 Å². The third-order valence-electron chi connectivity index (χ3n) is 3.64. The highest BCUT2D eigenvalue weighted by atomic mass is 127. The van der Waals surface area contributed by atoms with E-state index >= 15 is 0 Å². The highest BCUT2D eigenvalue weighted by Gasteiger charge is 2.05. The standard InChI is InChI=1S/C19H29N5OS.HI/c1-4-6-12-25-18-16(8-7-10-21-18)14-24-19(20-5-2)22-11-9-17-23-13-15(3)26-17;/h7-8,10,13H,4-6,9,11-12,14H2,1-3H3,(H2,20,22,24);1H. The number of halogens is 1. The van der Waals surface area contributed by atoms with Gasteiger partial charge in [0.25, 0.3) is 0 Å². The number of rotatable bonds is 10. The molecule has 27 heavy (non-hydrogen) atoms. The molecule has 0 saturated heterocycles. The maximum Gasteiger partial charge on any atom is 0.218 e. The SMILES string of the molecule is CCCCOc1ncccc1CN=C(NCC)NCCc1ncc(C)s1.I. The van der Waals surface area contributed by atoms with Gasteiger partial charge in [0.1, 0.15) is 0 Å². The summed E-state index contributed by atoms with van der Waals surface area (Å²) in [6, 6.07) is 3.93. The number of aryl methyl sites for hydroxylation is 1. The van der Waals surface area contributed by atoms with Crippen LogP contribution in [-0.2, 0) is 13.0 Å². The van der Waals surface area contributed by atoms with Crippen LogP contribution in [0.2, 0.25) is 0 Å². The van der Waals surface area contributed by atoms with Crippen molar-refractivity contribution in [2.75, 3.05) is 19.7 Å². The first-order chi connectivity index (χ1) is 12.7. The van der Waals surface area contributed by atoms with E-state index in [1.807, 2.05) is 18.3 Å². The van der Waals surface area contributed by atoms with Gasteiger partial charge in [0.15, 0.2) is 5.96 Å². The molecule has 150 valence electrons. The zero-order valence-electron chi connectivity index (χ0n) is 16.3. The fourth-order valence-electron chi connectivity index (χ4n) is 2.30. The van der Waals surface area contributed by atoms with Gasteiger partial charge in [-0.25, -0.2) is 15.0 Å². The van der Waals surface area contributed by atoms with Gasteiger partial charge < -0.3 is 15.4 Å². The lowest BCUT2D eigenvalue weighted by Gasteiger charge is -2.12. The Morgan fingerprint density at radius 3 is 2.81 bits per heavy atom. The largest absolute Gasteiger partial charge is 0.477 e. The van der Waals surface area contributed by atoms with Crippen LogP contribution in [0.5, 0.6) is 5.88 Å². The zero-order chi connectivity index (χ0) is 18.6. The van der Waals surface area contributed by atoms with E-state index in [0.29, 0.717) is 19.0 Å². The van der Waals surface area contributed by atoms with Gasteiger partial charge >= 0.3 is 0 Å². The van der Waals surface area contributed by atoms with Gasteiger partial charge in [-0.05, 0) is 26.3 Å². The summed E-state index contributed by atoms with van der Waals surface area (Å²) in [5.74, 6) is 1.47. The van der Waals surface area contributed by atoms with Crippen molar-refractivity contribution in [1.29, 1.82) is 0 Å². The Morgan fingerprint density at radius 2 is 2.11 bits per heavy atom. The molecule has 0 amide bonds. The molecule has 0 radical (unpaired) electrons. The van der Waals surface area contributed by atoms with Crippen LogP contribution < -0.4 is 15.4 Å². The molecule has 0 fully saturated rings. The molecule has 2 aromatic heterocycles. The molecule has 2 heterocycles. The number of nitrogens with one attached hydrogen (secondary N) is 2. The van der Waals surface area contributed by atoms with Crippen LogP contribution in [0.15, 0.2) is 29.5 Å². The molecule has 0 saturated carbocycles. The Hall–Kier alpha value is -1.42. The summed E-state index contributed by atoms with van der Waals surface area (Å²) in [7, 11) is 0. The minimum Gasteiger partial charge on any atom is -0.477 e. The molecule has 0 unspecified atom stereocenters. The average Bonchev–Trinajstić information content (AvgIpc) is 3.06. The van der Waals surface area contributed by atoms with Gasteiger partial charge in [0.2, 0.25) is 5.88 Å².